The van der Waals surface area contributed by atoms with Crippen molar-refractivity contribution in [2.45, 2.75) is 71.1 Å². The number of benzene rings is 1. The number of hydrogen-bond donors (Lipinski definition) is 7. The van der Waals surface area contributed by atoms with Crippen molar-refractivity contribution in [2.24, 2.45) is 11.7 Å². The van der Waals surface area contributed by atoms with E-state index in [2.05, 4.69) is 31.9 Å². The lowest BCUT2D eigenvalue weighted by atomic mass is 10.0. The van der Waals surface area contributed by atoms with Gasteiger partial charge in [-0.15, -0.1) is 0 Å². The van der Waals surface area contributed by atoms with Gasteiger partial charge in [0.25, 0.3) is 11.8 Å². The zero-order valence-corrected chi connectivity index (χ0v) is 31.0. The van der Waals surface area contributed by atoms with Crippen molar-refractivity contribution >= 4 is 59.2 Å². The summed E-state index contributed by atoms with van der Waals surface area (Å²) in [4.78, 5) is 112. The van der Waals surface area contributed by atoms with E-state index in [9.17, 15) is 43.2 Å². The Bertz CT molecular complexity index is 1530. The largest absolute Gasteiger partial charge is 0.445 e. The molecule has 0 radical (unpaired) electrons. The fraction of sp³-hybridized carbons (Fsp3) is 0.514. The van der Waals surface area contributed by atoms with E-state index in [1.165, 1.54) is 26.2 Å². The zero-order valence-electron chi connectivity index (χ0n) is 31.0. The molecule has 0 saturated carbocycles. The van der Waals surface area contributed by atoms with Crippen LogP contribution >= 0.6 is 0 Å². The number of urea groups is 1. The van der Waals surface area contributed by atoms with Gasteiger partial charge in [-0.25, -0.2) is 9.59 Å². The summed E-state index contributed by atoms with van der Waals surface area (Å²) in [6, 6.07) is 3.70. The topological polar surface area (TPSA) is 268 Å². The molecule has 8 N–H and O–H groups in total. The maximum atomic E-state index is 13.2. The highest BCUT2D eigenvalue weighted by molar-refractivity contribution is 6.12. The third kappa shape index (κ3) is 15.7. The minimum atomic E-state index is -1.03. The van der Waals surface area contributed by atoms with E-state index in [-0.39, 0.29) is 75.2 Å². The number of amides is 10. The van der Waals surface area contributed by atoms with Crippen molar-refractivity contribution in [2.75, 3.05) is 45.6 Å². The Morgan fingerprint density at radius 3 is 2.07 bits per heavy atom. The zero-order chi connectivity index (χ0) is 40.2. The minimum absolute atomic E-state index is 0.123. The van der Waals surface area contributed by atoms with Crippen LogP contribution < -0.4 is 37.6 Å². The van der Waals surface area contributed by atoms with Gasteiger partial charge in [-0.2, -0.15) is 0 Å². The molecule has 0 spiro atoms. The third-order valence-corrected chi connectivity index (χ3v) is 8.14. The van der Waals surface area contributed by atoms with E-state index in [4.69, 9.17) is 10.5 Å². The number of ether oxygens (including phenoxy) is 1. The van der Waals surface area contributed by atoms with Crippen molar-refractivity contribution in [3.63, 3.8) is 0 Å². The number of rotatable bonds is 22. The second-order valence-corrected chi connectivity index (χ2v) is 12.7. The van der Waals surface area contributed by atoms with Crippen LogP contribution in [0.3, 0.4) is 0 Å². The molecule has 1 aromatic rings. The van der Waals surface area contributed by atoms with E-state index in [0.717, 1.165) is 9.80 Å². The van der Waals surface area contributed by atoms with Crippen molar-refractivity contribution in [1.29, 1.82) is 0 Å². The van der Waals surface area contributed by atoms with Gasteiger partial charge in [0.15, 0.2) is 0 Å². The molecule has 19 nitrogen and oxygen atoms in total. The van der Waals surface area contributed by atoms with Crippen LogP contribution in [-0.2, 0) is 44.9 Å². The van der Waals surface area contributed by atoms with Crippen LogP contribution in [0.4, 0.5) is 15.3 Å². The molecule has 19 heteroatoms. The fourth-order valence-corrected chi connectivity index (χ4v) is 5.24. The number of nitrogens with zero attached hydrogens (tertiary/aromatic N) is 2. The Balaban J connectivity index is 1.87. The number of anilines is 1. The molecule has 10 amide bonds. The van der Waals surface area contributed by atoms with Crippen LogP contribution in [0.15, 0.2) is 36.4 Å². The number of nitrogens with two attached hydrogens (primary N) is 1. The average molecular weight is 758 g/mol. The van der Waals surface area contributed by atoms with Gasteiger partial charge in [0.1, 0.15) is 18.7 Å². The van der Waals surface area contributed by atoms with Crippen LogP contribution in [0.2, 0.25) is 0 Å². The summed E-state index contributed by atoms with van der Waals surface area (Å²) in [7, 11) is 2.86. The normalized spacial score (nSPS) is 13.1. The Labute approximate surface area is 313 Å². The quantitative estimate of drug-likeness (QED) is 0.0595. The van der Waals surface area contributed by atoms with E-state index >= 15 is 0 Å². The summed E-state index contributed by atoms with van der Waals surface area (Å²) in [5.41, 5.74) is 6.06. The number of unbranched alkanes of at least 4 members (excludes halogenated alkanes) is 2. The summed E-state index contributed by atoms with van der Waals surface area (Å²) in [5.74, 6) is -3.46. The van der Waals surface area contributed by atoms with Crippen molar-refractivity contribution in [1.82, 2.24) is 36.4 Å². The van der Waals surface area contributed by atoms with Crippen molar-refractivity contribution < 1.29 is 47.9 Å². The molecule has 0 aromatic heterocycles. The first-order chi connectivity index (χ1) is 25.6. The monoisotopic (exact) mass is 757 g/mol. The number of hydrogen-bond acceptors (Lipinski definition) is 10. The van der Waals surface area contributed by atoms with E-state index in [1.807, 2.05) is 0 Å². The van der Waals surface area contributed by atoms with Crippen molar-refractivity contribution in [3.05, 3.63) is 42.0 Å². The number of carbonyl (C=O) groups is 9. The summed E-state index contributed by atoms with van der Waals surface area (Å²) in [5, 5.41) is 15.1. The molecule has 1 aliphatic rings. The molecule has 0 saturated heterocycles. The summed E-state index contributed by atoms with van der Waals surface area (Å²) in [6.07, 6.45) is 3.81. The lowest BCUT2D eigenvalue weighted by Gasteiger charge is -2.29. The Hall–Kier alpha value is -6.01. The van der Waals surface area contributed by atoms with Gasteiger partial charge >= 0.3 is 12.1 Å². The standard InChI is InChI=1S/C35H51N9O10/c1-22(2)31(33(51)40-19-27(46)37-3)43(4)35(53)54-21-23-11-13-24(14-12-23)41-32(50)25(9-8-17-38-34(36)52)42-28(47)20-39-26(45)10-6-5-7-18-44-29(48)15-16-30(44)49/h11-16,22,25,31H,5-10,17-21H2,1-4H3,(H,37,46)(H,39,45)(H,40,51)(H,41,50)(H,42,47)(H3,36,38,52)/t25-,31?/m0/s1. The van der Waals surface area contributed by atoms with E-state index < -0.39 is 41.9 Å². The number of nitrogens with one attached hydrogen (secondary N) is 6. The summed E-state index contributed by atoms with van der Waals surface area (Å²) in [6.45, 7) is 3.16. The minimum Gasteiger partial charge on any atom is -0.445 e. The molecule has 1 aromatic carbocycles. The highest BCUT2D eigenvalue weighted by Crippen LogP contribution is 2.15. The lowest BCUT2D eigenvalue weighted by Crippen LogP contribution is -2.52. The molecule has 54 heavy (non-hydrogen) atoms. The van der Waals surface area contributed by atoms with Crippen molar-refractivity contribution in [3.8, 4) is 0 Å². The summed E-state index contributed by atoms with van der Waals surface area (Å²) >= 11 is 0. The molecule has 0 bridgehead atoms. The average Bonchev–Trinajstić information content (AvgIpc) is 3.45. The SMILES string of the molecule is CNC(=O)CNC(=O)C(C(C)C)N(C)C(=O)OCc1ccc(NC(=O)[C@H](CCCNC(N)=O)NC(=O)CNC(=O)CCCCCN2C(=O)C=CC2=O)cc1. The maximum absolute atomic E-state index is 13.2. The van der Waals surface area contributed by atoms with Gasteiger partial charge < -0.3 is 42.4 Å². The van der Waals surface area contributed by atoms with Crippen LogP contribution in [-0.4, -0.2) is 116 Å². The maximum Gasteiger partial charge on any atom is 0.410 e. The van der Waals surface area contributed by atoms with E-state index in [1.54, 1.807) is 38.1 Å². The fourth-order valence-electron chi connectivity index (χ4n) is 5.24. The summed E-state index contributed by atoms with van der Waals surface area (Å²) < 4.78 is 5.39. The van der Waals surface area contributed by atoms with Crippen LogP contribution in [0, 0.1) is 5.92 Å². The first-order valence-corrected chi connectivity index (χ1v) is 17.5. The predicted octanol–water partition coefficient (Wildman–Crippen LogP) is -0.385. The van der Waals surface area contributed by atoms with Gasteiger partial charge in [0.05, 0.1) is 13.1 Å². The lowest BCUT2D eigenvalue weighted by molar-refractivity contribution is -0.137. The van der Waals surface area contributed by atoms with E-state index in [0.29, 0.717) is 36.9 Å². The number of primary amides is 1. The molecule has 0 aliphatic carbocycles. The molecule has 1 aliphatic heterocycles. The van der Waals surface area contributed by atoms with Gasteiger partial charge in [0.2, 0.25) is 29.5 Å². The Morgan fingerprint density at radius 2 is 1.46 bits per heavy atom. The molecule has 1 unspecified atom stereocenters. The Morgan fingerprint density at radius 1 is 0.815 bits per heavy atom. The first kappa shape index (κ1) is 44.2. The smallest absolute Gasteiger partial charge is 0.410 e. The van der Waals surface area contributed by atoms with Gasteiger partial charge in [-0.1, -0.05) is 32.4 Å². The van der Waals surface area contributed by atoms with Crippen LogP contribution in [0.25, 0.3) is 0 Å². The molecule has 2 rings (SSSR count). The molecule has 0 fully saturated rings. The second-order valence-electron chi connectivity index (χ2n) is 12.7. The number of imide groups is 1. The molecule has 1 heterocycles. The Kier molecular flexibility index (Phi) is 18.7. The van der Waals surface area contributed by atoms with Gasteiger partial charge in [-0.05, 0) is 49.3 Å². The third-order valence-electron chi connectivity index (χ3n) is 8.14. The molecule has 296 valence electrons. The first-order valence-electron chi connectivity index (χ1n) is 17.5. The molecular weight excluding hydrogens is 706 g/mol. The second kappa shape index (κ2) is 22.8. The number of likely N-dealkylation sites (N-methyl/N-ethyl adjacent to an activating group) is 2. The number of carbonyl (C=O) groups excluding carboxylic acids is 9. The molecule has 2 atom stereocenters. The van der Waals surface area contributed by atoms with Crippen LogP contribution in [0.1, 0.15) is 57.9 Å². The molecular formula is C35H51N9O10. The predicted molar refractivity (Wildman–Crippen MR) is 195 cm³/mol. The van der Waals surface area contributed by atoms with Gasteiger partial charge in [-0.3, -0.25) is 43.4 Å². The highest BCUT2D eigenvalue weighted by atomic mass is 16.6. The van der Waals surface area contributed by atoms with Crippen LogP contribution in [0.5, 0.6) is 0 Å². The highest BCUT2D eigenvalue weighted by Gasteiger charge is 2.31. The van der Waals surface area contributed by atoms with Gasteiger partial charge in [0, 0.05) is 51.4 Å².